The molecule has 1 aromatic heterocycles. The Kier molecular flexibility index (Phi) is 1.24. The number of nitrogens with one attached hydrogen (secondary N) is 1. The smallest absolute Gasteiger partial charge is 0.153 e. The Morgan fingerprint density at radius 2 is 2.45 bits per heavy atom. The Bertz CT molecular complexity index is 386. The highest BCUT2D eigenvalue weighted by molar-refractivity contribution is 5.53. The minimum atomic E-state index is 0.633. The second kappa shape index (κ2) is 2.12. The molecule has 0 saturated carbocycles. The normalized spacial score (nSPS) is 15.9. The zero-order valence-corrected chi connectivity index (χ0v) is 6.52. The lowest BCUT2D eigenvalue weighted by atomic mass is 10.1. The first-order chi connectivity index (χ1) is 5.29. The van der Waals surface area contributed by atoms with E-state index in [0.717, 1.165) is 23.4 Å². The number of hydrogen-bond acceptors (Lipinski definition) is 2. The molecule has 0 radical (unpaired) electrons. The third kappa shape index (κ3) is 0.843. The molecule has 58 valence electrons. The highest BCUT2D eigenvalue weighted by Crippen LogP contribution is 2.06. The van der Waals surface area contributed by atoms with Crippen molar-refractivity contribution in [2.24, 2.45) is 0 Å². The number of rotatable bonds is 0. The van der Waals surface area contributed by atoms with Crippen LogP contribution >= 0.6 is 0 Å². The highest BCUT2D eigenvalue weighted by Gasteiger charge is 2.04. The maximum Gasteiger partial charge on any atom is 0.153 e. The molecule has 0 amide bonds. The fraction of sp³-hybridized carbons (Fsp3) is 0.375. The van der Waals surface area contributed by atoms with Gasteiger partial charge >= 0.3 is 0 Å². The average Bonchev–Trinajstić information content (AvgIpc) is 2.34. The summed E-state index contributed by atoms with van der Waals surface area (Å²) < 4.78 is 0. The van der Waals surface area contributed by atoms with E-state index >= 15 is 0 Å². The van der Waals surface area contributed by atoms with Gasteiger partial charge in [0.2, 0.25) is 0 Å². The molecule has 3 heteroatoms. The molecular formula is C8H11N3. The molecule has 3 N–H and O–H groups in total. The number of nitrogens with zero attached hydrogens (tertiary/aromatic N) is 1. The second-order valence-electron chi connectivity index (χ2n) is 2.92. The predicted octanol–water partition coefficient (Wildman–Crippen LogP) is -0.263. The summed E-state index contributed by atoms with van der Waals surface area (Å²) in [4.78, 5) is 0. The predicted molar refractivity (Wildman–Crippen MR) is 45.0 cm³/mol. The maximum atomic E-state index is 5.67. The van der Waals surface area contributed by atoms with Gasteiger partial charge in [-0.25, -0.2) is 0 Å². The molecule has 2 rings (SSSR count). The van der Waals surface area contributed by atoms with Gasteiger partial charge in [0.25, 0.3) is 0 Å². The lowest BCUT2D eigenvalue weighted by Crippen LogP contribution is -2.28. The molecule has 1 aliphatic carbocycles. The Morgan fingerprint density at radius 3 is 3.18 bits per heavy atom. The van der Waals surface area contributed by atoms with Gasteiger partial charge in [-0.05, 0) is 19.8 Å². The minimum absolute atomic E-state index is 0.633. The van der Waals surface area contributed by atoms with Gasteiger partial charge in [0.1, 0.15) is 0 Å². The number of nitrogens with two attached hydrogens (primary N) is 1. The molecule has 1 heterocycles. The van der Waals surface area contributed by atoms with Crippen LogP contribution in [0.5, 0.6) is 0 Å². The zero-order valence-electron chi connectivity index (χ0n) is 6.52. The van der Waals surface area contributed by atoms with Crippen LogP contribution in [0.15, 0.2) is 0 Å². The van der Waals surface area contributed by atoms with Gasteiger partial charge in [-0.2, -0.15) is 5.10 Å². The van der Waals surface area contributed by atoms with Crippen molar-refractivity contribution in [3.63, 3.8) is 0 Å². The van der Waals surface area contributed by atoms with E-state index in [1.807, 2.05) is 0 Å². The Hall–Kier alpha value is -1.25. The standard InChI is InChI=1S/C8H11N3/c1-5-3-2-4-6-7(5)8(9)11-10-6/h4,10H,2-3H2,1H3,(H2,9,11). The van der Waals surface area contributed by atoms with Gasteiger partial charge in [0.15, 0.2) is 5.82 Å². The first-order valence-electron chi connectivity index (χ1n) is 3.79. The molecule has 0 atom stereocenters. The lowest BCUT2D eigenvalue weighted by molar-refractivity contribution is 1.02. The highest BCUT2D eigenvalue weighted by atomic mass is 15.1. The van der Waals surface area contributed by atoms with Crippen molar-refractivity contribution in [2.45, 2.75) is 19.8 Å². The van der Waals surface area contributed by atoms with Crippen molar-refractivity contribution in [3.8, 4) is 0 Å². The molecule has 3 nitrogen and oxygen atoms in total. The van der Waals surface area contributed by atoms with Crippen molar-refractivity contribution in [2.75, 3.05) is 5.73 Å². The number of anilines is 1. The number of H-pyrrole nitrogens is 1. The van der Waals surface area contributed by atoms with Gasteiger partial charge in [-0.15, -0.1) is 0 Å². The van der Waals surface area contributed by atoms with E-state index in [2.05, 4.69) is 23.2 Å². The van der Waals surface area contributed by atoms with E-state index in [1.54, 1.807) is 0 Å². The summed E-state index contributed by atoms with van der Waals surface area (Å²) in [6.45, 7) is 2.11. The maximum absolute atomic E-state index is 5.67. The van der Waals surface area contributed by atoms with Gasteiger partial charge in [-0.3, -0.25) is 5.10 Å². The van der Waals surface area contributed by atoms with Gasteiger partial charge < -0.3 is 5.73 Å². The number of aromatic amines is 1. The van der Waals surface area contributed by atoms with Crippen molar-refractivity contribution >= 4 is 17.5 Å². The largest absolute Gasteiger partial charge is 0.382 e. The molecule has 0 aromatic carbocycles. The Labute approximate surface area is 64.6 Å². The zero-order chi connectivity index (χ0) is 7.84. The quantitative estimate of drug-likeness (QED) is 0.534. The number of nitrogen functional groups attached to an aromatic ring is 1. The third-order valence-corrected chi connectivity index (χ3v) is 2.12. The fourth-order valence-corrected chi connectivity index (χ4v) is 1.52. The van der Waals surface area contributed by atoms with Crippen molar-refractivity contribution in [1.82, 2.24) is 10.2 Å². The van der Waals surface area contributed by atoms with Crippen LogP contribution in [0.25, 0.3) is 11.6 Å². The first kappa shape index (κ1) is 6.46. The molecule has 0 bridgehead atoms. The van der Waals surface area contributed by atoms with E-state index in [9.17, 15) is 0 Å². The van der Waals surface area contributed by atoms with Crippen LogP contribution in [0.3, 0.4) is 0 Å². The molecule has 0 saturated heterocycles. The van der Waals surface area contributed by atoms with Crippen LogP contribution in [0.2, 0.25) is 0 Å². The van der Waals surface area contributed by atoms with Gasteiger partial charge in [0.05, 0.1) is 5.35 Å². The van der Waals surface area contributed by atoms with Crippen molar-refractivity contribution in [3.05, 3.63) is 10.6 Å². The van der Waals surface area contributed by atoms with E-state index in [1.165, 1.54) is 5.57 Å². The summed E-state index contributed by atoms with van der Waals surface area (Å²) in [7, 11) is 0. The Morgan fingerprint density at radius 1 is 1.64 bits per heavy atom. The Balaban J connectivity index is 2.94. The lowest BCUT2D eigenvalue weighted by Gasteiger charge is -2.00. The van der Waals surface area contributed by atoms with Crippen LogP contribution < -0.4 is 16.3 Å². The van der Waals surface area contributed by atoms with Crippen LogP contribution in [-0.4, -0.2) is 10.2 Å². The van der Waals surface area contributed by atoms with Crippen molar-refractivity contribution in [1.29, 1.82) is 0 Å². The number of fused-ring (bicyclic) bond motifs is 1. The molecule has 0 aliphatic heterocycles. The van der Waals surface area contributed by atoms with E-state index in [4.69, 9.17) is 5.73 Å². The van der Waals surface area contributed by atoms with E-state index < -0.39 is 0 Å². The van der Waals surface area contributed by atoms with Crippen LogP contribution in [0.4, 0.5) is 5.82 Å². The van der Waals surface area contributed by atoms with Crippen LogP contribution in [0, 0.1) is 0 Å². The summed E-state index contributed by atoms with van der Waals surface area (Å²) in [5.41, 5.74) is 7.01. The van der Waals surface area contributed by atoms with E-state index in [0.29, 0.717) is 5.82 Å². The molecule has 0 spiro atoms. The average molecular weight is 149 g/mol. The summed E-state index contributed by atoms with van der Waals surface area (Å²) in [5, 5.41) is 9.06. The first-order valence-corrected chi connectivity index (χ1v) is 3.79. The minimum Gasteiger partial charge on any atom is -0.382 e. The topological polar surface area (TPSA) is 54.7 Å². The summed E-state index contributed by atoms with van der Waals surface area (Å²) in [6.07, 6.45) is 4.35. The second-order valence-corrected chi connectivity index (χ2v) is 2.92. The SMILES string of the molecule is CC1=c2c(N)n[nH]c2=CCC1. The van der Waals surface area contributed by atoms with Crippen LogP contribution in [0.1, 0.15) is 19.8 Å². The van der Waals surface area contributed by atoms with Gasteiger partial charge in [0, 0.05) is 5.22 Å². The fourth-order valence-electron chi connectivity index (χ4n) is 1.52. The molecule has 1 aromatic rings. The molecule has 11 heavy (non-hydrogen) atoms. The monoisotopic (exact) mass is 149 g/mol. The molecule has 1 aliphatic rings. The van der Waals surface area contributed by atoms with Crippen LogP contribution in [-0.2, 0) is 0 Å². The number of hydrogen-bond donors (Lipinski definition) is 2. The van der Waals surface area contributed by atoms with Crippen molar-refractivity contribution < 1.29 is 0 Å². The van der Waals surface area contributed by atoms with E-state index in [-0.39, 0.29) is 0 Å². The molecule has 0 unspecified atom stereocenters. The summed E-state index contributed by atoms with van der Waals surface area (Å²) in [6, 6.07) is 0. The third-order valence-electron chi connectivity index (χ3n) is 2.12. The molecular weight excluding hydrogens is 138 g/mol. The summed E-state index contributed by atoms with van der Waals surface area (Å²) in [5.74, 6) is 0.633. The number of aromatic nitrogens is 2. The summed E-state index contributed by atoms with van der Waals surface area (Å²) >= 11 is 0. The van der Waals surface area contributed by atoms with Gasteiger partial charge in [-0.1, -0.05) is 11.6 Å². The molecule has 0 fully saturated rings.